The van der Waals surface area contributed by atoms with Gasteiger partial charge in [-0.2, -0.15) is 0 Å². The van der Waals surface area contributed by atoms with Crippen LogP contribution in [0.15, 0.2) is 28.7 Å². The van der Waals surface area contributed by atoms with Crippen molar-refractivity contribution < 1.29 is 4.42 Å². The molecular weight excluding hydrogens is 224 g/mol. The zero-order chi connectivity index (χ0) is 11.8. The summed E-state index contributed by atoms with van der Waals surface area (Å²) in [5, 5.41) is 8.62. The van der Waals surface area contributed by atoms with E-state index in [-0.39, 0.29) is 5.41 Å². The molecule has 0 aliphatic rings. The highest BCUT2D eigenvalue weighted by Crippen LogP contribution is 2.34. The lowest BCUT2D eigenvalue weighted by molar-refractivity contribution is 0.398. The summed E-state index contributed by atoms with van der Waals surface area (Å²) in [7, 11) is 0. The summed E-state index contributed by atoms with van der Waals surface area (Å²) in [6.45, 7) is 5.81. The van der Waals surface area contributed by atoms with Crippen molar-refractivity contribution in [2.24, 2.45) is 0 Å². The maximum absolute atomic E-state index is 6.18. The first-order valence-electron chi connectivity index (χ1n) is 5.07. The Hall–Kier alpha value is -1.35. The Balaban J connectivity index is 2.50. The number of rotatable bonds is 2. The third kappa shape index (κ3) is 1.83. The second-order valence-corrected chi connectivity index (χ2v) is 4.64. The van der Waals surface area contributed by atoms with Gasteiger partial charge >= 0.3 is 0 Å². The summed E-state index contributed by atoms with van der Waals surface area (Å²) in [6, 6.07) is 7.69. The van der Waals surface area contributed by atoms with Crippen molar-refractivity contribution in [2.75, 3.05) is 0 Å². The number of hydrogen-bond donors (Lipinski definition) is 0. The molecule has 2 aromatic rings. The fraction of sp³-hybridized carbons (Fsp3) is 0.333. The summed E-state index contributed by atoms with van der Waals surface area (Å²) >= 11 is 6.18. The van der Waals surface area contributed by atoms with Crippen molar-refractivity contribution >= 4 is 11.6 Å². The smallest absolute Gasteiger partial charge is 0.226 e. The monoisotopic (exact) mass is 236 g/mol. The number of aromatic nitrogens is 2. The van der Waals surface area contributed by atoms with Crippen molar-refractivity contribution in [3.63, 3.8) is 0 Å². The van der Waals surface area contributed by atoms with E-state index in [9.17, 15) is 0 Å². The largest absolute Gasteiger partial charge is 0.425 e. The lowest BCUT2D eigenvalue weighted by Gasteiger charge is -2.21. The molecule has 84 valence electrons. The van der Waals surface area contributed by atoms with E-state index < -0.39 is 0 Å². The van der Waals surface area contributed by atoms with Crippen LogP contribution in [0, 0.1) is 6.92 Å². The number of halogens is 1. The Kier molecular flexibility index (Phi) is 2.72. The summed E-state index contributed by atoms with van der Waals surface area (Å²) in [5.41, 5.74) is 0.611. The maximum atomic E-state index is 6.18. The summed E-state index contributed by atoms with van der Waals surface area (Å²) in [5.74, 6) is 1.15. The van der Waals surface area contributed by atoms with Gasteiger partial charge < -0.3 is 4.42 Å². The van der Waals surface area contributed by atoms with E-state index >= 15 is 0 Å². The average Bonchev–Trinajstić information content (AvgIpc) is 2.66. The Bertz CT molecular complexity index is 505. The Morgan fingerprint density at radius 2 is 1.88 bits per heavy atom. The topological polar surface area (TPSA) is 38.9 Å². The van der Waals surface area contributed by atoms with Crippen LogP contribution in [0.4, 0.5) is 0 Å². The molecule has 0 aliphatic heterocycles. The Labute approximate surface area is 99.5 Å². The molecule has 0 saturated heterocycles. The van der Waals surface area contributed by atoms with Crippen LogP contribution in [-0.4, -0.2) is 10.2 Å². The van der Waals surface area contributed by atoms with Crippen LogP contribution >= 0.6 is 11.6 Å². The molecular formula is C12H13ClN2O. The highest BCUT2D eigenvalue weighted by atomic mass is 35.5. The highest BCUT2D eigenvalue weighted by molar-refractivity contribution is 6.31. The lowest BCUT2D eigenvalue weighted by atomic mass is 9.84. The van der Waals surface area contributed by atoms with Gasteiger partial charge in [0.05, 0.1) is 5.41 Å². The van der Waals surface area contributed by atoms with Gasteiger partial charge in [0.1, 0.15) is 0 Å². The Morgan fingerprint density at radius 1 is 1.19 bits per heavy atom. The molecule has 1 heterocycles. The van der Waals surface area contributed by atoms with Crippen molar-refractivity contribution in [2.45, 2.75) is 26.2 Å². The zero-order valence-electron chi connectivity index (χ0n) is 9.49. The molecule has 3 nitrogen and oxygen atoms in total. The minimum atomic E-state index is -0.375. The first kappa shape index (κ1) is 11.1. The van der Waals surface area contributed by atoms with Crippen molar-refractivity contribution in [1.29, 1.82) is 0 Å². The molecule has 0 atom stereocenters. The molecule has 0 aliphatic carbocycles. The van der Waals surface area contributed by atoms with Gasteiger partial charge in [-0.15, -0.1) is 10.2 Å². The first-order valence-corrected chi connectivity index (χ1v) is 5.45. The molecule has 0 fully saturated rings. The van der Waals surface area contributed by atoms with Gasteiger partial charge in [-0.1, -0.05) is 29.8 Å². The van der Waals surface area contributed by atoms with Crippen molar-refractivity contribution in [3.05, 3.63) is 46.6 Å². The number of nitrogens with zero attached hydrogens (tertiary/aromatic N) is 2. The van der Waals surface area contributed by atoms with E-state index in [1.165, 1.54) is 0 Å². The molecule has 1 aromatic heterocycles. The standard InChI is InChI=1S/C12H13ClN2O/c1-8-14-15-11(16-8)12(2,3)9-6-4-5-7-10(9)13/h4-7H,1-3H3. The molecule has 1 aromatic carbocycles. The normalized spacial score (nSPS) is 11.8. The van der Waals surface area contributed by atoms with Crippen molar-refractivity contribution in [3.8, 4) is 0 Å². The van der Waals surface area contributed by atoms with E-state index in [1.807, 2.05) is 38.1 Å². The van der Waals surface area contributed by atoms with E-state index in [0.717, 1.165) is 5.56 Å². The van der Waals surface area contributed by atoms with Gasteiger partial charge in [0, 0.05) is 11.9 Å². The average molecular weight is 237 g/mol. The van der Waals surface area contributed by atoms with Crippen LogP contribution in [0.25, 0.3) is 0 Å². The molecule has 0 amide bonds. The van der Waals surface area contributed by atoms with E-state index in [4.69, 9.17) is 16.0 Å². The molecule has 2 rings (SSSR count). The quantitative estimate of drug-likeness (QED) is 0.803. The number of hydrogen-bond acceptors (Lipinski definition) is 3. The van der Waals surface area contributed by atoms with E-state index in [1.54, 1.807) is 6.92 Å². The van der Waals surface area contributed by atoms with E-state index in [0.29, 0.717) is 16.8 Å². The van der Waals surface area contributed by atoms with Gasteiger partial charge in [0.25, 0.3) is 0 Å². The first-order chi connectivity index (χ1) is 7.51. The number of aryl methyl sites for hydroxylation is 1. The molecule has 0 N–H and O–H groups in total. The molecule has 16 heavy (non-hydrogen) atoms. The molecule has 4 heteroatoms. The fourth-order valence-electron chi connectivity index (χ4n) is 1.63. The predicted molar refractivity (Wildman–Crippen MR) is 62.6 cm³/mol. The van der Waals surface area contributed by atoms with Crippen LogP contribution < -0.4 is 0 Å². The molecule has 0 radical (unpaired) electrons. The van der Waals surface area contributed by atoms with Gasteiger partial charge in [0.15, 0.2) is 0 Å². The summed E-state index contributed by atoms with van der Waals surface area (Å²) in [6.07, 6.45) is 0. The van der Waals surface area contributed by atoms with Crippen LogP contribution in [0.3, 0.4) is 0 Å². The minimum absolute atomic E-state index is 0.375. The van der Waals surface area contributed by atoms with E-state index in [2.05, 4.69) is 10.2 Å². The van der Waals surface area contributed by atoms with Gasteiger partial charge in [0.2, 0.25) is 11.8 Å². The highest BCUT2D eigenvalue weighted by Gasteiger charge is 2.30. The van der Waals surface area contributed by atoms with Crippen LogP contribution in [-0.2, 0) is 5.41 Å². The Morgan fingerprint density at radius 3 is 2.44 bits per heavy atom. The minimum Gasteiger partial charge on any atom is -0.425 e. The van der Waals surface area contributed by atoms with Crippen LogP contribution in [0.1, 0.15) is 31.2 Å². The van der Waals surface area contributed by atoms with Gasteiger partial charge in [-0.25, -0.2) is 0 Å². The lowest BCUT2D eigenvalue weighted by Crippen LogP contribution is -2.20. The zero-order valence-corrected chi connectivity index (χ0v) is 10.2. The van der Waals surface area contributed by atoms with Gasteiger partial charge in [-0.3, -0.25) is 0 Å². The molecule has 0 bridgehead atoms. The second-order valence-electron chi connectivity index (χ2n) is 4.23. The molecule has 0 spiro atoms. The number of benzene rings is 1. The predicted octanol–water partition coefficient (Wildman–Crippen LogP) is 3.36. The third-order valence-electron chi connectivity index (χ3n) is 2.61. The summed E-state index contributed by atoms with van der Waals surface area (Å²) < 4.78 is 5.48. The SMILES string of the molecule is Cc1nnc(C(C)(C)c2ccccc2Cl)o1. The second kappa shape index (κ2) is 3.91. The van der Waals surface area contributed by atoms with Gasteiger partial charge in [-0.05, 0) is 25.5 Å². The van der Waals surface area contributed by atoms with Crippen molar-refractivity contribution in [1.82, 2.24) is 10.2 Å². The van der Waals surface area contributed by atoms with Crippen LogP contribution in [0.2, 0.25) is 5.02 Å². The third-order valence-corrected chi connectivity index (χ3v) is 2.94. The summed E-state index contributed by atoms with van der Waals surface area (Å²) in [4.78, 5) is 0. The maximum Gasteiger partial charge on any atom is 0.226 e. The molecule has 0 saturated carbocycles. The molecule has 0 unspecified atom stereocenters. The van der Waals surface area contributed by atoms with Crippen LogP contribution in [0.5, 0.6) is 0 Å². The fourth-order valence-corrected chi connectivity index (χ4v) is 2.00.